The lowest BCUT2D eigenvalue weighted by Gasteiger charge is -2.37. The van der Waals surface area contributed by atoms with Crippen LogP contribution in [0.5, 0.6) is 0 Å². The first-order valence-corrected chi connectivity index (χ1v) is 6.39. The minimum atomic E-state index is -0.363. The van der Waals surface area contributed by atoms with Gasteiger partial charge in [-0.15, -0.1) is 0 Å². The van der Waals surface area contributed by atoms with Crippen molar-refractivity contribution in [1.82, 2.24) is 4.90 Å². The van der Waals surface area contributed by atoms with E-state index in [1.807, 2.05) is 6.92 Å². The maximum atomic E-state index is 13.8. The molecule has 1 N–H and O–H groups in total. The number of hydrogen-bond acceptors (Lipinski definition) is 3. The summed E-state index contributed by atoms with van der Waals surface area (Å²) in [5.74, 6) is -0.363. The number of benzene rings is 1. The molecule has 0 radical (unpaired) electrons. The predicted molar refractivity (Wildman–Crippen MR) is 68.1 cm³/mol. The summed E-state index contributed by atoms with van der Waals surface area (Å²) in [6.45, 7) is 3.64. The van der Waals surface area contributed by atoms with Crippen molar-refractivity contribution in [3.63, 3.8) is 0 Å². The zero-order valence-corrected chi connectivity index (χ0v) is 11.0. The van der Waals surface area contributed by atoms with Crippen molar-refractivity contribution in [3.8, 4) is 0 Å². The number of aliphatic hydroxyl groups excluding tert-OH is 1. The molecule has 0 amide bonds. The monoisotopic (exact) mass is 273 g/mol. The molecule has 0 aromatic heterocycles. The van der Waals surface area contributed by atoms with E-state index in [9.17, 15) is 4.39 Å². The summed E-state index contributed by atoms with van der Waals surface area (Å²) in [5, 5.41) is 9.26. The summed E-state index contributed by atoms with van der Waals surface area (Å²) in [4.78, 5) is 2.10. The molecule has 1 aromatic rings. The molecule has 0 saturated carbocycles. The van der Waals surface area contributed by atoms with Crippen LogP contribution >= 0.6 is 11.6 Å². The molecule has 2 atom stereocenters. The smallest absolute Gasteiger partial charge is 0.146 e. The van der Waals surface area contributed by atoms with E-state index in [0.29, 0.717) is 25.3 Å². The fourth-order valence-corrected chi connectivity index (χ4v) is 2.29. The molecule has 100 valence electrons. The molecule has 2 rings (SSSR count). The van der Waals surface area contributed by atoms with Gasteiger partial charge in [-0.3, -0.25) is 4.90 Å². The van der Waals surface area contributed by atoms with Crippen LogP contribution in [0.3, 0.4) is 0 Å². The van der Waals surface area contributed by atoms with Gasteiger partial charge in [-0.25, -0.2) is 4.39 Å². The van der Waals surface area contributed by atoms with E-state index in [-0.39, 0.29) is 29.6 Å². The molecule has 1 heterocycles. The lowest BCUT2D eigenvalue weighted by molar-refractivity contribution is -0.0807. The van der Waals surface area contributed by atoms with Gasteiger partial charge in [0.1, 0.15) is 5.82 Å². The van der Waals surface area contributed by atoms with E-state index in [1.54, 1.807) is 18.2 Å². The average Bonchev–Trinajstić information content (AvgIpc) is 2.37. The molecule has 0 bridgehead atoms. The van der Waals surface area contributed by atoms with Crippen molar-refractivity contribution in [2.24, 2.45) is 0 Å². The average molecular weight is 274 g/mol. The van der Waals surface area contributed by atoms with Crippen molar-refractivity contribution < 1.29 is 14.2 Å². The van der Waals surface area contributed by atoms with Crippen molar-refractivity contribution in [1.29, 1.82) is 0 Å². The van der Waals surface area contributed by atoms with Gasteiger partial charge in [0.05, 0.1) is 24.3 Å². The van der Waals surface area contributed by atoms with Crippen LogP contribution in [0.1, 0.15) is 12.5 Å². The van der Waals surface area contributed by atoms with Crippen LogP contribution in [-0.4, -0.2) is 41.9 Å². The number of aliphatic hydroxyl groups is 1. The minimum Gasteiger partial charge on any atom is -0.394 e. The normalized spacial score (nSPS) is 25.3. The van der Waals surface area contributed by atoms with E-state index < -0.39 is 0 Å². The minimum absolute atomic E-state index is 0.0127. The first-order valence-electron chi connectivity index (χ1n) is 6.01. The van der Waals surface area contributed by atoms with Crippen molar-refractivity contribution in [3.05, 3.63) is 34.6 Å². The molecule has 5 heteroatoms. The van der Waals surface area contributed by atoms with Crippen molar-refractivity contribution in [2.75, 3.05) is 19.8 Å². The second kappa shape index (κ2) is 5.97. The molecular formula is C13H17ClFNO2. The molecule has 1 aliphatic heterocycles. The Morgan fingerprint density at radius 3 is 3.06 bits per heavy atom. The van der Waals surface area contributed by atoms with Crippen LogP contribution in [0.25, 0.3) is 0 Å². The Morgan fingerprint density at radius 1 is 1.56 bits per heavy atom. The zero-order chi connectivity index (χ0) is 13.1. The summed E-state index contributed by atoms with van der Waals surface area (Å²) < 4.78 is 19.3. The third-order valence-corrected chi connectivity index (χ3v) is 3.54. The fraction of sp³-hybridized carbons (Fsp3) is 0.538. The van der Waals surface area contributed by atoms with E-state index in [4.69, 9.17) is 21.4 Å². The number of rotatable bonds is 3. The maximum Gasteiger partial charge on any atom is 0.146 e. The molecule has 1 aliphatic rings. The zero-order valence-electron chi connectivity index (χ0n) is 10.3. The van der Waals surface area contributed by atoms with Crippen molar-refractivity contribution >= 4 is 11.6 Å². The van der Waals surface area contributed by atoms with Gasteiger partial charge in [0, 0.05) is 24.7 Å². The van der Waals surface area contributed by atoms with Crippen LogP contribution in [0.15, 0.2) is 18.2 Å². The lowest BCUT2D eigenvalue weighted by Crippen LogP contribution is -2.48. The third kappa shape index (κ3) is 3.01. The highest BCUT2D eigenvalue weighted by atomic mass is 35.5. The quantitative estimate of drug-likeness (QED) is 0.915. The fourth-order valence-electron chi connectivity index (χ4n) is 2.10. The molecule has 2 unspecified atom stereocenters. The van der Waals surface area contributed by atoms with Gasteiger partial charge in [0.25, 0.3) is 0 Å². The standard InChI is InChI=1S/C13H17ClFNO2/c1-9-8-18-11(7-17)6-16(9)5-10-3-2-4-12(14)13(10)15/h2-4,9,11,17H,5-8H2,1H3. The van der Waals surface area contributed by atoms with Crippen LogP contribution in [-0.2, 0) is 11.3 Å². The highest BCUT2D eigenvalue weighted by Gasteiger charge is 2.26. The second-order valence-electron chi connectivity index (χ2n) is 4.63. The number of morpholine rings is 1. The van der Waals surface area contributed by atoms with Crippen LogP contribution in [0.2, 0.25) is 5.02 Å². The van der Waals surface area contributed by atoms with E-state index >= 15 is 0 Å². The summed E-state index contributed by atoms with van der Waals surface area (Å²) in [5.41, 5.74) is 0.577. The molecule has 1 saturated heterocycles. The van der Waals surface area contributed by atoms with Gasteiger partial charge in [-0.2, -0.15) is 0 Å². The SMILES string of the molecule is CC1COC(CO)CN1Cc1cccc(Cl)c1F. The second-order valence-corrected chi connectivity index (χ2v) is 5.04. The first-order chi connectivity index (χ1) is 8.61. The van der Waals surface area contributed by atoms with Gasteiger partial charge in [0.2, 0.25) is 0 Å². The van der Waals surface area contributed by atoms with Crippen molar-refractivity contribution in [2.45, 2.75) is 25.6 Å². The highest BCUT2D eigenvalue weighted by Crippen LogP contribution is 2.21. The van der Waals surface area contributed by atoms with E-state index in [1.165, 1.54) is 0 Å². The Balaban J connectivity index is 2.09. The number of hydrogen-bond donors (Lipinski definition) is 1. The molecule has 0 spiro atoms. The molecule has 0 aliphatic carbocycles. The van der Waals surface area contributed by atoms with Gasteiger partial charge in [-0.05, 0) is 13.0 Å². The maximum absolute atomic E-state index is 13.8. The Hall–Kier alpha value is -0.680. The van der Waals surface area contributed by atoms with Crippen LogP contribution in [0.4, 0.5) is 4.39 Å². The van der Waals surface area contributed by atoms with E-state index in [2.05, 4.69) is 4.90 Å². The Labute approximate surface area is 111 Å². The topological polar surface area (TPSA) is 32.7 Å². The number of ether oxygens (including phenoxy) is 1. The Bertz CT molecular complexity index is 416. The Morgan fingerprint density at radius 2 is 2.33 bits per heavy atom. The first kappa shape index (κ1) is 13.7. The lowest BCUT2D eigenvalue weighted by atomic mass is 10.1. The summed E-state index contributed by atoms with van der Waals surface area (Å²) in [6, 6.07) is 5.22. The summed E-state index contributed by atoms with van der Waals surface area (Å²) >= 11 is 5.77. The number of nitrogens with zero attached hydrogens (tertiary/aromatic N) is 1. The molecular weight excluding hydrogens is 257 g/mol. The van der Waals surface area contributed by atoms with Gasteiger partial charge < -0.3 is 9.84 Å². The Kier molecular flexibility index (Phi) is 4.56. The van der Waals surface area contributed by atoms with Crippen LogP contribution < -0.4 is 0 Å². The molecule has 3 nitrogen and oxygen atoms in total. The van der Waals surface area contributed by atoms with Crippen LogP contribution in [0, 0.1) is 5.82 Å². The number of halogens is 2. The van der Waals surface area contributed by atoms with Gasteiger partial charge in [-0.1, -0.05) is 23.7 Å². The third-order valence-electron chi connectivity index (χ3n) is 3.24. The summed E-state index contributed by atoms with van der Waals surface area (Å²) in [7, 11) is 0. The van der Waals surface area contributed by atoms with Gasteiger partial charge >= 0.3 is 0 Å². The van der Waals surface area contributed by atoms with Gasteiger partial charge in [0.15, 0.2) is 0 Å². The largest absolute Gasteiger partial charge is 0.394 e. The molecule has 1 aromatic carbocycles. The molecule has 18 heavy (non-hydrogen) atoms. The summed E-state index contributed by atoms with van der Waals surface area (Å²) in [6.07, 6.45) is -0.191. The highest BCUT2D eigenvalue weighted by molar-refractivity contribution is 6.30. The van der Waals surface area contributed by atoms with E-state index in [0.717, 1.165) is 0 Å². The molecule has 1 fully saturated rings. The predicted octanol–water partition coefficient (Wildman–Crippen LogP) is 2.06.